The van der Waals surface area contributed by atoms with Gasteiger partial charge in [-0.05, 0) is 68.8 Å². The summed E-state index contributed by atoms with van der Waals surface area (Å²) in [4.78, 5) is 24.0. The van der Waals surface area contributed by atoms with Gasteiger partial charge in [0, 0.05) is 5.56 Å². The fourth-order valence-electron chi connectivity index (χ4n) is 2.12. The largest absolute Gasteiger partial charge is 0.494 e. The summed E-state index contributed by atoms with van der Waals surface area (Å²) in [5.74, 6) is -0.265. The molecule has 0 aliphatic carbocycles. The third kappa shape index (κ3) is 5.20. The predicted molar refractivity (Wildman–Crippen MR) is 94.4 cm³/mol. The van der Waals surface area contributed by atoms with Gasteiger partial charge in [-0.2, -0.15) is 0 Å². The Kier molecular flexibility index (Phi) is 6.54. The number of hydrogen-bond acceptors (Lipinski definition) is 4. The fraction of sp³-hybridized carbons (Fsp3) is 0.263. The van der Waals surface area contributed by atoms with Gasteiger partial charge in [0.1, 0.15) is 17.3 Å². The SMILES string of the molecule is CCOc1ccc(OC(C)C(=O)NNC(=O)c2ccc(F)c(C)c2)cc1. The van der Waals surface area contributed by atoms with Gasteiger partial charge in [-0.25, -0.2) is 4.39 Å². The van der Waals surface area contributed by atoms with E-state index in [2.05, 4.69) is 10.9 Å². The molecule has 0 aromatic heterocycles. The third-order valence-corrected chi connectivity index (χ3v) is 3.54. The summed E-state index contributed by atoms with van der Waals surface area (Å²) in [6.45, 7) is 5.56. The molecule has 0 heterocycles. The second-order valence-electron chi connectivity index (χ2n) is 5.57. The van der Waals surface area contributed by atoms with Crippen molar-refractivity contribution in [2.45, 2.75) is 26.9 Å². The molecule has 6 nitrogen and oxygen atoms in total. The van der Waals surface area contributed by atoms with Crippen LogP contribution in [0.25, 0.3) is 0 Å². The third-order valence-electron chi connectivity index (χ3n) is 3.54. The molecular formula is C19H21FN2O4. The highest BCUT2D eigenvalue weighted by Gasteiger charge is 2.16. The van der Waals surface area contributed by atoms with Gasteiger partial charge in [-0.1, -0.05) is 0 Å². The molecule has 0 bridgehead atoms. The maximum absolute atomic E-state index is 13.2. The Morgan fingerprint density at radius 2 is 1.73 bits per heavy atom. The Morgan fingerprint density at radius 3 is 2.35 bits per heavy atom. The summed E-state index contributed by atoms with van der Waals surface area (Å²) < 4.78 is 24.1. The van der Waals surface area contributed by atoms with Gasteiger partial charge in [-0.3, -0.25) is 20.4 Å². The number of rotatable bonds is 6. The summed E-state index contributed by atoms with van der Waals surface area (Å²) in [5.41, 5.74) is 5.15. The van der Waals surface area contributed by atoms with Crippen LogP contribution in [0.3, 0.4) is 0 Å². The Labute approximate surface area is 151 Å². The van der Waals surface area contributed by atoms with Crippen LogP contribution in [0.5, 0.6) is 11.5 Å². The van der Waals surface area contributed by atoms with E-state index >= 15 is 0 Å². The second-order valence-corrected chi connectivity index (χ2v) is 5.57. The van der Waals surface area contributed by atoms with Crippen LogP contribution in [-0.2, 0) is 4.79 Å². The highest BCUT2D eigenvalue weighted by Crippen LogP contribution is 2.18. The van der Waals surface area contributed by atoms with Gasteiger partial charge in [0.2, 0.25) is 0 Å². The first-order chi connectivity index (χ1) is 12.4. The van der Waals surface area contributed by atoms with E-state index in [0.29, 0.717) is 23.7 Å². The maximum Gasteiger partial charge on any atom is 0.279 e. The molecule has 0 aliphatic rings. The number of carbonyl (C=O) groups is 2. The number of amides is 2. The van der Waals surface area contributed by atoms with Crippen LogP contribution in [0.4, 0.5) is 4.39 Å². The minimum absolute atomic E-state index is 0.240. The number of hydrazine groups is 1. The zero-order chi connectivity index (χ0) is 19.1. The first-order valence-electron chi connectivity index (χ1n) is 8.16. The average molecular weight is 360 g/mol. The molecule has 0 radical (unpaired) electrons. The molecule has 2 aromatic carbocycles. The lowest BCUT2D eigenvalue weighted by Crippen LogP contribution is -2.47. The number of nitrogens with one attached hydrogen (secondary N) is 2. The quantitative estimate of drug-likeness (QED) is 0.777. The Bertz CT molecular complexity index is 778. The molecule has 0 fully saturated rings. The molecule has 26 heavy (non-hydrogen) atoms. The van der Waals surface area contributed by atoms with Gasteiger partial charge >= 0.3 is 0 Å². The van der Waals surface area contributed by atoms with Crippen molar-refractivity contribution in [1.29, 1.82) is 0 Å². The Morgan fingerprint density at radius 1 is 1.08 bits per heavy atom. The normalized spacial score (nSPS) is 11.4. The molecule has 1 unspecified atom stereocenters. The van der Waals surface area contributed by atoms with Crippen LogP contribution in [-0.4, -0.2) is 24.5 Å². The molecule has 0 saturated heterocycles. The zero-order valence-corrected chi connectivity index (χ0v) is 14.8. The van der Waals surface area contributed by atoms with E-state index in [1.54, 1.807) is 38.1 Å². The fourth-order valence-corrected chi connectivity index (χ4v) is 2.12. The predicted octanol–water partition coefficient (Wildman–Crippen LogP) is 2.76. The highest BCUT2D eigenvalue weighted by molar-refractivity contribution is 5.95. The summed E-state index contributed by atoms with van der Waals surface area (Å²) >= 11 is 0. The van der Waals surface area contributed by atoms with Crippen LogP contribution in [0, 0.1) is 12.7 Å². The minimum atomic E-state index is -0.830. The van der Waals surface area contributed by atoms with Gasteiger partial charge in [0.05, 0.1) is 6.61 Å². The molecular weight excluding hydrogens is 339 g/mol. The number of aryl methyl sites for hydroxylation is 1. The molecule has 1 atom stereocenters. The average Bonchev–Trinajstić information content (AvgIpc) is 2.63. The Balaban J connectivity index is 1.86. The van der Waals surface area contributed by atoms with E-state index in [-0.39, 0.29) is 5.56 Å². The summed E-state index contributed by atoms with van der Waals surface area (Å²) in [6, 6.07) is 10.8. The maximum atomic E-state index is 13.2. The van der Waals surface area contributed by atoms with Crippen molar-refractivity contribution in [2.75, 3.05) is 6.61 Å². The van der Waals surface area contributed by atoms with Crippen LogP contribution < -0.4 is 20.3 Å². The molecule has 2 aromatic rings. The first kappa shape index (κ1) is 19.2. The van der Waals surface area contributed by atoms with E-state index in [1.807, 2.05) is 6.92 Å². The molecule has 2 rings (SSSR count). The van der Waals surface area contributed by atoms with Gasteiger partial charge in [0.15, 0.2) is 6.10 Å². The van der Waals surface area contributed by atoms with Crippen LogP contribution in [0.15, 0.2) is 42.5 Å². The van der Waals surface area contributed by atoms with E-state index in [0.717, 1.165) is 0 Å². The lowest BCUT2D eigenvalue weighted by molar-refractivity contribution is -0.128. The van der Waals surface area contributed by atoms with Crippen molar-refractivity contribution in [3.63, 3.8) is 0 Å². The molecule has 0 saturated carbocycles. The van der Waals surface area contributed by atoms with E-state index < -0.39 is 23.7 Å². The summed E-state index contributed by atoms with van der Waals surface area (Å²) in [5, 5.41) is 0. The van der Waals surface area contributed by atoms with Crippen LogP contribution in [0.2, 0.25) is 0 Å². The monoisotopic (exact) mass is 360 g/mol. The van der Waals surface area contributed by atoms with Crippen molar-refractivity contribution in [2.24, 2.45) is 0 Å². The van der Waals surface area contributed by atoms with Crippen molar-refractivity contribution >= 4 is 11.8 Å². The molecule has 7 heteroatoms. The van der Waals surface area contributed by atoms with E-state index in [1.165, 1.54) is 18.2 Å². The summed E-state index contributed by atoms with van der Waals surface area (Å²) in [7, 11) is 0. The first-order valence-corrected chi connectivity index (χ1v) is 8.16. The number of carbonyl (C=O) groups excluding carboxylic acids is 2. The van der Waals surface area contributed by atoms with Crippen molar-refractivity contribution in [3.8, 4) is 11.5 Å². The zero-order valence-electron chi connectivity index (χ0n) is 14.8. The van der Waals surface area contributed by atoms with Gasteiger partial charge in [-0.15, -0.1) is 0 Å². The van der Waals surface area contributed by atoms with Crippen molar-refractivity contribution in [3.05, 3.63) is 59.4 Å². The molecule has 138 valence electrons. The topological polar surface area (TPSA) is 76.7 Å². The van der Waals surface area contributed by atoms with Crippen LogP contribution >= 0.6 is 0 Å². The number of benzene rings is 2. The highest BCUT2D eigenvalue weighted by atomic mass is 19.1. The van der Waals surface area contributed by atoms with E-state index in [9.17, 15) is 14.0 Å². The number of hydrogen-bond donors (Lipinski definition) is 2. The lowest BCUT2D eigenvalue weighted by Gasteiger charge is -2.15. The molecule has 0 spiro atoms. The molecule has 2 N–H and O–H groups in total. The lowest BCUT2D eigenvalue weighted by atomic mass is 10.1. The molecule has 2 amide bonds. The molecule has 0 aliphatic heterocycles. The van der Waals surface area contributed by atoms with Crippen molar-refractivity contribution < 1.29 is 23.5 Å². The second kappa shape index (κ2) is 8.84. The smallest absolute Gasteiger partial charge is 0.279 e. The van der Waals surface area contributed by atoms with Gasteiger partial charge in [0.25, 0.3) is 11.8 Å². The standard InChI is InChI=1S/C19H21FN2O4/c1-4-25-15-6-8-16(9-7-15)26-13(3)18(23)21-22-19(24)14-5-10-17(20)12(2)11-14/h5-11,13H,4H2,1-3H3,(H,21,23)(H,22,24). The van der Waals surface area contributed by atoms with Crippen LogP contribution in [0.1, 0.15) is 29.8 Å². The number of ether oxygens (including phenoxy) is 2. The number of halogens is 1. The minimum Gasteiger partial charge on any atom is -0.494 e. The van der Waals surface area contributed by atoms with Gasteiger partial charge < -0.3 is 9.47 Å². The van der Waals surface area contributed by atoms with Crippen molar-refractivity contribution in [1.82, 2.24) is 10.9 Å². The Hall–Kier alpha value is -3.09. The summed E-state index contributed by atoms with van der Waals surface area (Å²) in [6.07, 6.45) is -0.830. The van der Waals surface area contributed by atoms with E-state index in [4.69, 9.17) is 9.47 Å².